The van der Waals surface area contributed by atoms with Gasteiger partial charge in [-0.25, -0.2) is 14.2 Å². The summed E-state index contributed by atoms with van der Waals surface area (Å²) in [5, 5.41) is 9.40. The van der Waals surface area contributed by atoms with Gasteiger partial charge in [0.05, 0.1) is 34.0 Å². The van der Waals surface area contributed by atoms with Crippen molar-refractivity contribution < 1.29 is 4.79 Å². The molecule has 0 bridgehead atoms. The van der Waals surface area contributed by atoms with Crippen LogP contribution in [-0.2, 0) is 0 Å². The molecule has 28 heavy (non-hydrogen) atoms. The smallest absolute Gasteiger partial charge is 0.258 e. The van der Waals surface area contributed by atoms with Crippen LogP contribution in [0.15, 0.2) is 42.6 Å². The topological polar surface area (TPSA) is 68.3 Å². The molecule has 0 spiro atoms. The molecule has 0 saturated heterocycles. The Balaban J connectivity index is 1.67. The van der Waals surface area contributed by atoms with E-state index in [9.17, 15) is 4.79 Å². The third-order valence-corrected chi connectivity index (χ3v) is 5.20. The Morgan fingerprint density at radius 2 is 1.89 bits per heavy atom. The Bertz CT molecular complexity index is 1210. The van der Waals surface area contributed by atoms with E-state index in [1.54, 1.807) is 33.4 Å². The fraction of sp³-hybridized carbons (Fsp3) is 0.200. The van der Waals surface area contributed by atoms with E-state index < -0.39 is 0 Å². The maximum Gasteiger partial charge on any atom is 0.258 e. The summed E-state index contributed by atoms with van der Waals surface area (Å²) in [5.74, 6) is 0.549. The van der Waals surface area contributed by atoms with Crippen molar-refractivity contribution in [2.75, 3.05) is 11.9 Å². The number of fused-ring (bicyclic) bond motifs is 1. The van der Waals surface area contributed by atoms with Gasteiger partial charge in [0.25, 0.3) is 5.91 Å². The quantitative estimate of drug-likeness (QED) is 0.530. The summed E-state index contributed by atoms with van der Waals surface area (Å²) in [6, 6.07) is 11.0. The Hall–Kier alpha value is -3.19. The summed E-state index contributed by atoms with van der Waals surface area (Å²) in [7, 11) is 1.74. The van der Waals surface area contributed by atoms with E-state index in [2.05, 4.69) is 15.2 Å². The highest BCUT2D eigenvalue weighted by Gasteiger charge is 2.17. The monoisotopic (exact) mass is 394 g/mol. The molecule has 0 aliphatic heterocycles. The lowest BCUT2D eigenvalue weighted by molar-refractivity contribution is 0.0993. The lowest BCUT2D eigenvalue weighted by atomic mass is 10.1. The highest BCUT2D eigenvalue weighted by Crippen LogP contribution is 2.23. The van der Waals surface area contributed by atoms with Gasteiger partial charge in [0.2, 0.25) is 0 Å². The average molecular weight is 395 g/mol. The molecule has 3 aromatic heterocycles. The normalized spacial score (nSPS) is 11.2. The lowest BCUT2D eigenvalue weighted by Gasteiger charge is -2.18. The number of aromatic nitrogens is 5. The molecule has 1 aromatic carbocycles. The van der Waals surface area contributed by atoms with Crippen molar-refractivity contribution in [2.24, 2.45) is 0 Å². The number of anilines is 1. The summed E-state index contributed by atoms with van der Waals surface area (Å²) < 4.78 is 3.42. The molecule has 4 aromatic rings. The van der Waals surface area contributed by atoms with Crippen LogP contribution in [0.25, 0.3) is 11.3 Å². The average Bonchev–Trinajstić information content (AvgIpc) is 3.19. The SMILES string of the molecule is Cc1nc2ccc(N(C)C(=O)c3cccc(-n4nc(C)c(Cl)c4C)c3)cn2n1. The first-order chi connectivity index (χ1) is 13.3. The molecule has 0 aliphatic rings. The molecule has 0 fully saturated rings. The molecule has 0 atom stereocenters. The van der Waals surface area contributed by atoms with Crippen molar-refractivity contribution in [3.05, 3.63) is 70.4 Å². The highest BCUT2D eigenvalue weighted by molar-refractivity contribution is 6.31. The number of carbonyl (C=O) groups is 1. The Morgan fingerprint density at radius 1 is 1.11 bits per heavy atom. The number of nitrogens with zero attached hydrogens (tertiary/aromatic N) is 6. The fourth-order valence-electron chi connectivity index (χ4n) is 3.14. The minimum atomic E-state index is -0.134. The number of pyridine rings is 1. The van der Waals surface area contributed by atoms with E-state index >= 15 is 0 Å². The second-order valence-electron chi connectivity index (χ2n) is 6.66. The van der Waals surface area contributed by atoms with Gasteiger partial charge >= 0.3 is 0 Å². The van der Waals surface area contributed by atoms with Gasteiger partial charge < -0.3 is 4.90 Å². The second-order valence-corrected chi connectivity index (χ2v) is 7.04. The standard InChI is InChI=1S/C20H19ClN6O/c1-12-19(21)13(2)27(23-12)16-7-5-6-15(10-16)20(28)25(4)17-8-9-18-22-14(3)24-26(18)11-17/h5-11H,1-4H3. The molecule has 3 heterocycles. The molecule has 142 valence electrons. The van der Waals surface area contributed by atoms with E-state index in [-0.39, 0.29) is 5.91 Å². The van der Waals surface area contributed by atoms with Gasteiger partial charge in [0, 0.05) is 12.6 Å². The van der Waals surface area contributed by atoms with Crippen molar-refractivity contribution in [3.8, 4) is 5.69 Å². The third-order valence-electron chi connectivity index (χ3n) is 4.65. The first kappa shape index (κ1) is 18.2. The van der Waals surface area contributed by atoms with Crippen molar-refractivity contribution in [2.45, 2.75) is 20.8 Å². The van der Waals surface area contributed by atoms with Crippen LogP contribution in [0.4, 0.5) is 5.69 Å². The van der Waals surface area contributed by atoms with Crippen LogP contribution in [0.2, 0.25) is 5.02 Å². The molecular formula is C20H19ClN6O. The lowest BCUT2D eigenvalue weighted by Crippen LogP contribution is -2.26. The van der Waals surface area contributed by atoms with Crippen LogP contribution in [0.3, 0.4) is 0 Å². The van der Waals surface area contributed by atoms with Gasteiger partial charge in [-0.1, -0.05) is 17.7 Å². The zero-order chi connectivity index (χ0) is 20.0. The van der Waals surface area contributed by atoms with Crippen LogP contribution < -0.4 is 4.90 Å². The van der Waals surface area contributed by atoms with Crippen LogP contribution in [-0.4, -0.2) is 37.3 Å². The maximum atomic E-state index is 13.1. The molecule has 0 unspecified atom stereocenters. The minimum absolute atomic E-state index is 0.134. The molecule has 1 amide bonds. The molecule has 0 N–H and O–H groups in total. The maximum absolute atomic E-state index is 13.1. The predicted molar refractivity (Wildman–Crippen MR) is 109 cm³/mol. The fourth-order valence-corrected chi connectivity index (χ4v) is 3.26. The van der Waals surface area contributed by atoms with Crippen LogP contribution in [0.5, 0.6) is 0 Å². The number of rotatable bonds is 3. The largest absolute Gasteiger partial charge is 0.310 e. The Kier molecular flexibility index (Phi) is 4.39. The number of halogens is 1. The first-order valence-electron chi connectivity index (χ1n) is 8.78. The second kappa shape index (κ2) is 6.76. The van der Waals surface area contributed by atoms with E-state index in [0.717, 1.165) is 28.4 Å². The molecule has 0 saturated carbocycles. The zero-order valence-corrected chi connectivity index (χ0v) is 16.8. The summed E-state index contributed by atoms with van der Waals surface area (Å²) in [5.41, 5.74) is 4.40. The minimum Gasteiger partial charge on any atom is -0.310 e. The summed E-state index contributed by atoms with van der Waals surface area (Å²) in [6.07, 6.45) is 1.79. The molecule has 0 radical (unpaired) electrons. The van der Waals surface area contributed by atoms with Gasteiger partial charge in [-0.2, -0.15) is 10.2 Å². The van der Waals surface area contributed by atoms with E-state index in [4.69, 9.17) is 11.6 Å². The van der Waals surface area contributed by atoms with Crippen molar-refractivity contribution in [3.63, 3.8) is 0 Å². The summed E-state index contributed by atoms with van der Waals surface area (Å²) in [4.78, 5) is 18.9. The van der Waals surface area contributed by atoms with Crippen LogP contribution in [0.1, 0.15) is 27.6 Å². The van der Waals surface area contributed by atoms with E-state index in [0.29, 0.717) is 16.4 Å². The summed E-state index contributed by atoms with van der Waals surface area (Å²) in [6.45, 7) is 5.59. The number of carbonyl (C=O) groups excluding carboxylic acids is 1. The molecular weight excluding hydrogens is 376 g/mol. The van der Waals surface area contributed by atoms with Crippen molar-refractivity contribution >= 4 is 28.8 Å². The number of hydrogen-bond donors (Lipinski definition) is 0. The van der Waals surface area contributed by atoms with E-state index in [1.807, 2.05) is 51.1 Å². The Labute approximate surface area is 167 Å². The zero-order valence-electron chi connectivity index (χ0n) is 16.0. The van der Waals surface area contributed by atoms with Gasteiger partial charge in [-0.05, 0) is 51.1 Å². The number of aryl methyl sites for hydroxylation is 2. The molecule has 7 nitrogen and oxygen atoms in total. The Morgan fingerprint density at radius 3 is 2.61 bits per heavy atom. The molecule has 8 heteroatoms. The number of hydrogen-bond acceptors (Lipinski definition) is 4. The highest BCUT2D eigenvalue weighted by atomic mass is 35.5. The number of amides is 1. The van der Waals surface area contributed by atoms with Crippen molar-refractivity contribution in [1.29, 1.82) is 0 Å². The molecule has 0 aliphatic carbocycles. The third kappa shape index (κ3) is 3.03. The van der Waals surface area contributed by atoms with E-state index in [1.165, 1.54) is 0 Å². The van der Waals surface area contributed by atoms with Crippen LogP contribution >= 0.6 is 11.6 Å². The molecule has 4 rings (SSSR count). The van der Waals surface area contributed by atoms with Gasteiger partial charge in [-0.3, -0.25) is 4.79 Å². The van der Waals surface area contributed by atoms with Gasteiger partial charge in [0.1, 0.15) is 5.82 Å². The summed E-state index contributed by atoms with van der Waals surface area (Å²) >= 11 is 6.26. The van der Waals surface area contributed by atoms with Gasteiger partial charge in [-0.15, -0.1) is 0 Å². The van der Waals surface area contributed by atoms with Gasteiger partial charge in [0.15, 0.2) is 5.65 Å². The van der Waals surface area contributed by atoms with Crippen molar-refractivity contribution in [1.82, 2.24) is 24.4 Å². The van der Waals surface area contributed by atoms with Crippen LogP contribution in [0, 0.1) is 20.8 Å². The predicted octanol–water partition coefficient (Wildman–Crippen LogP) is 3.77. The first-order valence-corrected chi connectivity index (χ1v) is 9.16. The number of benzene rings is 1.